The van der Waals surface area contributed by atoms with Gasteiger partial charge in [0.25, 0.3) is 5.91 Å². The normalized spacial score (nSPS) is 22.2. The zero-order valence-electron chi connectivity index (χ0n) is 20.8. The van der Waals surface area contributed by atoms with Crippen LogP contribution >= 0.6 is 0 Å². The van der Waals surface area contributed by atoms with Gasteiger partial charge in [-0.1, -0.05) is 6.92 Å². The van der Waals surface area contributed by atoms with Gasteiger partial charge in [0.05, 0.1) is 24.1 Å². The molecule has 2 aliphatic heterocycles. The van der Waals surface area contributed by atoms with Crippen LogP contribution in [0.3, 0.4) is 0 Å². The zero-order chi connectivity index (χ0) is 24.7. The summed E-state index contributed by atoms with van der Waals surface area (Å²) in [6.07, 6.45) is 3.31. The summed E-state index contributed by atoms with van der Waals surface area (Å²) in [4.78, 5) is 41.4. The molecule has 188 valence electrons. The van der Waals surface area contributed by atoms with Gasteiger partial charge in [0.15, 0.2) is 0 Å². The second-order valence-electron chi connectivity index (χ2n) is 9.39. The van der Waals surface area contributed by atoms with Crippen LogP contribution < -0.4 is 15.4 Å². The molecule has 2 N–H and O–H groups in total. The summed E-state index contributed by atoms with van der Waals surface area (Å²) in [5, 5.41) is 5.80. The molecule has 9 nitrogen and oxygen atoms in total. The predicted molar refractivity (Wildman–Crippen MR) is 130 cm³/mol. The smallest absolute Gasteiger partial charge is 0.257 e. The van der Waals surface area contributed by atoms with Crippen LogP contribution in [0.5, 0.6) is 5.75 Å². The highest BCUT2D eigenvalue weighted by Crippen LogP contribution is 2.32. The lowest BCUT2D eigenvalue weighted by molar-refractivity contribution is -0.134. The molecule has 0 spiro atoms. The van der Waals surface area contributed by atoms with E-state index in [1.165, 1.54) is 0 Å². The number of hydrogen-bond donors (Lipinski definition) is 2. The van der Waals surface area contributed by atoms with E-state index in [2.05, 4.69) is 15.5 Å². The summed E-state index contributed by atoms with van der Waals surface area (Å²) in [6.45, 7) is 3.81. The van der Waals surface area contributed by atoms with E-state index in [9.17, 15) is 14.4 Å². The zero-order valence-corrected chi connectivity index (χ0v) is 20.8. The Hall–Kier alpha value is -2.65. The third-order valence-electron chi connectivity index (χ3n) is 6.29. The van der Waals surface area contributed by atoms with Crippen molar-refractivity contribution in [3.8, 4) is 5.75 Å². The Kier molecular flexibility index (Phi) is 9.29. The Bertz CT molecular complexity index is 875. The molecule has 0 saturated carbocycles. The molecule has 0 bridgehead atoms. The van der Waals surface area contributed by atoms with Crippen molar-refractivity contribution in [3.63, 3.8) is 0 Å². The second-order valence-corrected chi connectivity index (χ2v) is 9.39. The summed E-state index contributed by atoms with van der Waals surface area (Å²) in [5.74, 6) is 0.204. The number of ether oxygens (including phenoxy) is 2. The Morgan fingerprint density at radius 3 is 2.74 bits per heavy atom. The molecule has 1 fully saturated rings. The number of benzene rings is 1. The van der Waals surface area contributed by atoms with Crippen molar-refractivity contribution in [1.82, 2.24) is 15.1 Å². The average Bonchev–Trinajstić information content (AvgIpc) is 2.79. The van der Waals surface area contributed by atoms with E-state index in [0.717, 1.165) is 25.8 Å². The van der Waals surface area contributed by atoms with Gasteiger partial charge in [-0.15, -0.1) is 0 Å². The number of nitrogens with one attached hydrogen (secondary N) is 2. The molecule has 1 aromatic carbocycles. The maximum Gasteiger partial charge on any atom is 0.257 e. The first-order valence-electron chi connectivity index (χ1n) is 12.2. The van der Waals surface area contributed by atoms with Gasteiger partial charge in [-0.2, -0.15) is 0 Å². The fourth-order valence-electron chi connectivity index (χ4n) is 4.46. The van der Waals surface area contributed by atoms with Crippen molar-refractivity contribution in [1.29, 1.82) is 0 Å². The number of hydrogen-bond acceptors (Lipinski definition) is 6. The lowest BCUT2D eigenvalue weighted by Crippen LogP contribution is -2.54. The van der Waals surface area contributed by atoms with Crippen LogP contribution in [0.2, 0.25) is 0 Å². The molecule has 0 aromatic heterocycles. The maximum absolute atomic E-state index is 13.3. The molecule has 0 aliphatic carbocycles. The van der Waals surface area contributed by atoms with E-state index in [1.807, 2.05) is 21.0 Å². The molecule has 3 atom stereocenters. The Morgan fingerprint density at radius 1 is 1.21 bits per heavy atom. The average molecular weight is 475 g/mol. The van der Waals surface area contributed by atoms with Crippen LogP contribution in [0.4, 0.5) is 5.69 Å². The van der Waals surface area contributed by atoms with E-state index < -0.39 is 0 Å². The number of carbonyl (C=O) groups is 3. The predicted octanol–water partition coefficient (Wildman–Crippen LogP) is 2.26. The SMILES string of the molecule is CCCC(=O)Nc1ccc2c(c1)C(=O)N(C)[C@H]1CC[C@H](CC(=O)NCCCN(C)C)O[C@H]1CO2. The maximum atomic E-state index is 13.3. The number of fused-ring (bicyclic) bond motifs is 2. The van der Waals surface area contributed by atoms with Gasteiger partial charge < -0.3 is 29.9 Å². The standard InChI is InChI=1S/C25H38N4O5/c1-5-7-23(30)27-17-8-11-21-19(14-17)25(32)29(4)20-10-9-18(34-22(20)16-33-21)15-24(31)26-12-6-13-28(2)3/h8,11,14,18,20,22H,5-7,9-10,12-13,15-16H2,1-4H3,(H,26,31)(H,27,30)/t18-,20+,22+/m1/s1. The third kappa shape index (κ3) is 6.93. The number of amides is 3. The molecular weight excluding hydrogens is 436 g/mol. The van der Waals surface area contributed by atoms with E-state index in [1.54, 1.807) is 30.1 Å². The largest absolute Gasteiger partial charge is 0.490 e. The minimum Gasteiger partial charge on any atom is -0.490 e. The van der Waals surface area contributed by atoms with Gasteiger partial charge in [0.2, 0.25) is 11.8 Å². The van der Waals surface area contributed by atoms with Gasteiger partial charge in [0, 0.05) is 25.7 Å². The summed E-state index contributed by atoms with van der Waals surface area (Å²) in [7, 11) is 5.80. The highest BCUT2D eigenvalue weighted by molar-refractivity contribution is 5.99. The number of carbonyl (C=O) groups excluding carboxylic acids is 3. The highest BCUT2D eigenvalue weighted by Gasteiger charge is 2.39. The molecule has 1 aromatic rings. The summed E-state index contributed by atoms with van der Waals surface area (Å²) in [5.41, 5.74) is 1.01. The van der Waals surface area contributed by atoms with Crippen LogP contribution in [-0.2, 0) is 14.3 Å². The van der Waals surface area contributed by atoms with Crippen LogP contribution in [-0.4, -0.2) is 86.6 Å². The monoisotopic (exact) mass is 474 g/mol. The van der Waals surface area contributed by atoms with E-state index in [0.29, 0.717) is 42.8 Å². The van der Waals surface area contributed by atoms with Crippen molar-refractivity contribution in [2.24, 2.45) is 0 Å². The molecule has 0 unspecified atom stereocenters. The van der Waals surface area contributed by atoms with Crippen molar-refractivity contribution in [2.45, 2.75) is 63.7 Å². The van der Waals surface area contributed by atoms with Gasteiger partial charge in [-0.3, -0.25) is 14.4 Å². The molecule has 34 heavy (non-hydrogen) atoms. The summed E-state index contributed by atoms with van der Waals surface area (Å²) in [6, 6.07) is 4.99. The van der Waals surface area contributed by atoms with Gasteiger partial charge in [-0.05, 0) is 64.5 Å². The molecule has 2 heterocycles. The van der Waals surface area contributed by atoms with Crippen LogP contribution in [0, 0.1) is 0 Å². The Balaban J connectivity index is 1.61. The van der Waals surface area contributed by atoms with Crippen molar-refractivity contribution >= 4 is 23.4 Å². The molecule has 0 radical (unpaired) electrons. The van der Waals surface area contributed by atoms with Gasteiger partial charge in [-0.25, -0.2) is 0 Å². The first-order valence-corrected chi connectivity index (χ1v) is 12.2. The molecule has 9 heteroatoms. The number of anilines is 1. The number of likely N-dealkylation sites (N-methyl/N-ethyl adjacent to an activating group) is 1. The fraction of sp³-hybridized carbons (Fsp3) is 0.640. The fourth-order valence-corrected chi connectivity index (χ4v) is 4.46. The van der Waals surface area contributed by atoms with Crippen LogP contribution in [0.15, 0.2) is 18.2 Å². The minimum atomic E-state index is -0.314. The Labute approximate surface area is 202 Å². The first kappa shape index (κ1) is 26.0. The van der Waals surface area contributed by atoms with Gasteiger partial charge >= 0.3 is 0 Å². The third-order valence-corrected chi connectivity index (χ3v) is 6.29. The Morgan fingerprint density at radius 2 is 2.00 bits per heavy atom. The number of rotatable bonds is 9. The van der Waals surface area contributed by atoms with E-state index in [-0.39, 0.29) is 42.6 Å². The van der Waals surface area contributed by atoms with E-state index in [4.69, 9.17) is 9.47 Å². The molecular formula is C25H38N4O5. The van der Waals surface area contributed by atoms with Crippen molar-refractivity contribution < 1.29 is 23.9 Å². The van der Waals surface area contributed by atoms with Crippen LogP contribution in [0.1, 0.15) is 55.8 Å². The lowest BCUT2D eigenvalue weighted by atomic mass is 9.94. The molecule has 3 amide bonds. The first-order chi connectivity index (χ1) is 16.3. The van der Waals surface area contributed by atoms with Gasteiger partial charge in [0.1, 0.15) is 18.5 Å². The van der Waals surface area contributed by atoms with Crippen molar-refractivity contribution in [2.75, 3.05) is 46.2 Å². The molecule has 1 saturated heterocycles. The quantitative estimate of drug-likeness (QED) is 0.533. The van der Waals surface area contributed by atoms with Crippen LogP contribution in [0.25, 0.3) is 0 Å². The van der Waals surface area contributed by atoms with Crippen molar-refractivity contribution in [3.05, 3.63) is 23.8 Å². The number of nitrogens with zero attached hydrogens (tertiary/aromatic N) is 2. The summed E-state index contributed by atoms with van der Waals surface area (Å²) >= 11 is 0. The molecule has 2 aliphatic rings. The highest BCUT2D eigenvalue weighted by atomic mass is 16.5. The lowest BCUT2D eigenvalue weighted by Gasteiger charge is -2.42. The van der Waals surface area contributed by atoms with E-state index >= 15 is 0 Å². The topological polar surface area (TPSA) is 100 Å². The summed E-state index contributed by atoms with van der Waals surface area (Å²) < 4.78 is 12.2. The second kappa shape index (κ2) is 12.2. The minimum absolute atomic E-state index is 0.0126. The molecule has 3 rings (SSSR count).